The zero-order chi connectivity index (χ0) is 10.0. The summed E-state index contributed by atoms with van der Waals surface area (Å²) in [4.78, 5) is 24.7. The van der Waals surface area contributed by atoms with Crippen molar-refractivity contribution in [2.75, 3.05) is 0 Å². The quantitative estimate of drug-likeness (QED) is 0.753. The van der Waals surface area contributed by atoms with E-state index in [0.717, 1.165) is 0 Å². The molecule has 0 saturated carbocycles. The number of hydrogen-bond acceptors (Lipinski definition) is 3. The third-order valence-corrected chi connectivity index (χ3v) is 1.47. The predicted molar refractivity (Wildman–Crippen MR) is 42.9 cm³/mol. The van der Waals surface area contributed by atoms with Gasteiger partial charge in [0.15, 0.2) is 5.69 Å². The van der Waals surface area contributed by atoms with Crippen LogP contribution >= 0.6 is 0 Å². The van der Waals surface area contributed by atoms with Crippen molar-refractivity contribution in [1.29, 1.82) is 0 Å². The number of carboxylic acid groups (broad SMARTS) is 2. The van der Waals surface area contributed by atoms with Gasteiger partial charge in [-0.05, 0) is 19.1 Å². The molecule has 0 aliphatic carbocycles. The number of rotatable bonds is 2. The van der Waals surface area contributed by atoms with Crippen molar-refractivity contribution in [2.45, 2.75) is 6.92 Å². The molecule has 1 heterocycles. The van der Waals surface area contributed by atoms with Crippen molar-refractivity contribution in [2.24, 2.45) is 0 Å². The van der Waals surface area contributed by atoms with Gasteiger partial charge in [0.2, 0.25) is 0 Å². The van der Waals surface area contributed by atoms with Crippen LogP contribution in [0.1, 0.15) is 26.5 Å². The fourth-order valence-electron chi connectivity index (χ4n) is 0.892. The Morgan fingerprint density at radius 3 is 2.21 bits per heavy atom. The van der Waals surface area contributed by atoms with Crippen molar-refractivity contribution in [3.8, 4) is 0 Å². The standard InChI is InChI=1S/C8H7NO4.Zn/c1-4-2-3-5(7(10)11)6(9-4)8(12)13;/h2-3H,1H3,(H,10,11)(H,12,13);. The Bertz CT molecular complexity index is 378. The summed E-state index contributed by atoms with van der Waals surface area (Å²) in [6, 6.07) is 2.68. The van der Waals surface area contributed by atoms with Crippen molar-refractivity contribution >= 4 is 11.9 Å². The van der Waals surface area contributed by atoms with E-state index in [1.165, 1.54) is 12.1 Å². The Hall–Kier alpha value is -1.29. The second kappa shape index (κ2) is 4.81. The Morgan fingerprint density at radius 2 is 1.79 bits per heavy atom. The summed E-state index contributed by atoms with van der Waals surface area (Å²) in [5.74, 6) is -2.62. The second-order valence-corrected chi connectivity index (χ2v) is 2.46. The molecule has 0 saturated heterocycles. The van der Waals surface area contributed by atoms with Crippen LogP contribution in [0.5, 0.6) is 0 Å². The fourth-order valence-corrected chi connectivity index (χ4v) is 0.892. The molecule has 2 N–H and O–H groups in total. The molecule has 0 bridgehead atoms. The SMILES string of the molecule is Cc1ccc(C(=O)O)c(C(=O)O)n1.[Zn]. The average molecular weight is 247 g/mol. The monoisotopic (exact) mass is 245 g/mol. The van der Waals surface area contributed by atoms with Gasteiger partial charge in [0.05, 0.1) is 5.56 Å². The van der Waals surface area contributed by atoms with Gasteiger partial charge in [-0.1, -0.05) is 0 Å². The third-order valence-electron chi connectivity index (χ3n) is 1.47. The number of carboxylic acids is 2. The molecule has 0 aromatic carbocycles. The molecule has 5 nitrogen and oxygen atoms in total. The average Bonchev–Trinajstić information content (AvgIpc) is 2.03. The van der Waals surface area contributed by atoms with Crippen molar-refractivity contribution in [1.82, 2.24) is 4.98 Å². The molecule has 1 aromatic heterocycles. The molecule has 0 radical (unpaired) electrons. The van der Waals surface area contributed by atoms with Gasteiger partial charge in [-0.15, -0.1) is 0 Å². The summed E-state index contributed by atoms with van der Waals surface area (Å²) in [7, 11) is 0. The minimum atomic E-state index is -1.33. The number of aromatic carboxylic acids is 2. The number of aromatic nitrogens is 1. The summed E-state index contributed by atoms with van der Waals surface area (Å²) in [5.41, 5.74) is -0.243. The number of hydrogen-bond donors (Lipinski definition) is 2. The van der Waals surface area contributed by atoms with Crippen LogP contribution in [0, 0.1) is 6.92 Å². The normalized spacial score (nSPS) is 8.93. The first-order valence-corrected chi connectivity index (χ1v) is 3.46. The summed E-state index contributed by atoms with van der Waals surface area (Å²) in [6.07, 6.45) is 0. The van der Waals surface area contributed by atoms with E-state index in [1.54, 1.807) is 6.92 Å². The second-order valence-electron chi connectivity index (χ2n) is 2.46. The smallest absolute Gasteiger partial charge is 0.355 e. The zero-order valence-electron chi connectivity index (χ0n) is 7.52. The topological polar surface area (TPSA) is 87.5 Å². The molecule has 14 heavy (non-hydrogen) atoms. The maximum absolute atomic E-state index is 10.6. The van der Waals surface area contributed by atoms with Crippen LogP contribution in [0.15, 0.2) is 12.1 Å². The molecule has 0 fully saturated rings. The fraction of sp³-hybridized carbons (Fsp3) is 0.125. The largest absolute Gasteiger partial charge is 0.478 e. The summed E-state index contributed by atoms with van der Waals surface area (Å²) in [5, 5.41) is 17.2. The first kappa shape index (κ1) is 12.7. The van der Waals surface area contributed by atoms with Gasteiger partial charge in [-0.25, -0.2) is 14.6 Å². The van der Waals surface area contributed by atoms with Crippen molar-refractivity contribution in [3.63, 3.8) is 0 Å². The predicted octanol–water partition coefficient (Wildman–Crippen LogP) is 0.784. The van der Waals surface area contributed by atoms with Crippen LogP contribution in [0.3, 0.4) is 0 Å². The summed E-state index contributed by atoms with van der Waals surface area (Å²) >= 11 is 0. The maximum atomic E-state index is 10.6. The first-order valence-electron chi connectivity index (χ1n) is 3.46. The summed E-state index contributed by atoms with van der Waals surface area (Å²) in [6.45, 7) is 1.60. The van der Waals surface area contributed by atoms with E-state index in [0.29, 0.717) is 5.69 Å². The maximum Gasteiger partial charge on any atom is 0.355 e. The molecule has 0 atom stereocenters. The van der Waals surface area contributed by atoms with Gasteiger partial charge in [0.25, 0.3) is 0 Å². The van der Waals surface area contributed by atoms with E-state index in [-0.39, 0.29) is 25.0 Å². The molecular weight excluding hydrogens is 239 g/mol. The number of carbonyl (C=O) groups is 2. The molecule has 1 rings (SSSR count). The molecule has 0 aliphatic heterocycles. The van der Waals surface area contributed by atoms with Crippen LogP contribution in [-0.4, -0.2) is 27.1 Å². The van der Waals surface area contributed by atoms with Gasteiger partial charge in [-0.2, -0.15) is 0 Å². The van der Waals surface area contributed by atoms with Crippen LogP contribution < -0.4 is 0 Å². The molecule has 0 aliphatic rings. The van der Waals surface area contributed by atoms with Crippen LogP contribution in [0.25, 0.3) is 0 Å². The zero-order valence-corrected chi connectivity index (χ0v) is 10.5. The van der Waals surface area contributed by atoms with E-state index in [4.69, 9.17) is 10.2 Å². The minimum Gasteiger partial charge on any atom is -0.478 e. The Labute approximate surface area is 92.5 Å². The van der Waals surface area contributed by atoms with Crippen LogP contribution in [0.4, 0.5) is 0 Å². The van der Waals surface area contributed by atoms with E-state index in [2.05, 4.69) is 4.98 Å². The molecule has 0 spiro atoms. The Balaban J connectivity index is 0.00000169. The van der Waals surface area contributed by atoms with Gasteiger partial charge >= 0.3 is 11.9 Å². The number of nitrogens with zero attached hydrogens (tertiary/aromatic N) is 1. The van der Waals surface area contributed by atoms with E-state index in [1.807, 2.05) is 0 Å². The molecule has 0 unspecified atom stereocenters. The van der Waals surface area contributed by atoms with E-state index >= 15 is 0 Å². The van der Waals surface area contributed by atoms with Crippen LogP contribution in [0.2, 0.25) is 0 Å². The first-order chi connectivity index (χ1) is 6.02. The molecule has 1 aromatic rings. The third kappa shape index (κ3) is 2.60. The van der Waals surface area contributed by atoms with Gasteiger partial charge < -0.3 is 10.2 Å². The van der Waals surface area contributed by atoms with Gasteiger partial charge in [-0.3, -0.25) is 0 Å². The number of aryl methyl sites for hydroxylation is 1. The summed E-state index contributed by atoms with van der Waals surface area (Å²) < 4.78 is 0. The minimum absolute atomic E-state index is 0. The van der Waals surface area contributed by atoms with Crippen molar-refractivity contribution in [3.05, 3.63) is 29.1 Å². The van der Waals surface area contributed by atoms with Crippen LogP contribution in [-0.2, 0) is 19.5 Å². The molecule has 70 valence electrons. The molecule has 0 amide bonds. The van der Waals surface area contributed by atoms with E-state index < -0.39 is 17.6 Å². The van der Waals surface area contributed by atoms with Gasteiger partial charge in [0.1, 0.15) is 0 Å². The van der Waals surface area contributed by atoms with Crippen molar-refractivity contribution < 1.29 is 39.3 Å². The number of pyridine rings is 1. The Kier molecular flexibility index (Phi) is 4.37. The Morgan fingerprint density at radius 1 is 1.21 bits per heavy atom. The molecule has 6 heteroatoms. The molecular formula is C8H7NO4Zn. The van der Waals surface area contributed by atoms with E-state index in [9.17, 15) is 9.59 Å². The van der Waals surface area contributed by atoms with Gasteiger partial charge in [0, 0.05) is 25.2 Å².